The van der Waals surface area contributed by atoms with Crippen molar-refractivity contribution in [3.63, 3.8) is 0 Å². The van der Waals surface area contributed by atoms with E-state index >= 15 is 4.39 Å². The Labute approximate surface area is 289 Å². The number of halogens is 1. The van der Waals surface area contributed by atoms with Gasteiger partial charge in [0.15, 0.2) is 0 Å². The van der Waals surface area contributed by atoms with E-state index in [-0.39, 0.29) is 5.82 Å². The van der Waals surface area contributed by atoms with Gasteiger partial charge in [-0.2, -0.15) is 0 Å². The number of anilines is 3. The van der Waals surface area contributed by atoms with E-state index in [1.165, 1.54) is 65.8 Å². The van der Waals surface area contributed by atoms with Crippen LogP contribution < -0.4 is 4.90 Å². The van der Waals surface area contributed by atoms with Crippen LogP contribution >= 0.6 is 0 Å². The fourth-order valence-corrected chi connectivity index (χ4v) is 8.08. The van der Waals surface area contributed by atoms with Gasteiger partial charge in [0, 0.05) is 27.8 Å². The maximum absolute atomic E-state index is 15.3. The lowest BCUT2D eigenvalue weighted by Gasteiger charge is -2.27. The summed E-state index contributed by atoms with van der Waals surface area (Å²) in [6.45, 7) is 2.06. The Bertz CT molecular complexity index is 2840. The first-order valence-electron chi connectivity index (χ1n) is 17.1. The molecule has 0 fully saturated rings. The van der Waals surface area contributed by atoms with E-state index in [1.807, 2.05) is 35.2 Å². The molecule has 0 aliphatic heterocycles. The van der Waals surface area contributed by atoms with E-state index in [2.05, 4.69) is 139 Å². The third-order valence-electron chi connectivity index (χ3n) is 10.3. The number of hydrogen-bond acceptors (Lipinski definition) is 1. The Hall–Kier alpha value is -6.45. The van der Waals surface area contributed by atoms with Crippen LogP contribution in [0.4, 0.5) is 21.5 Å². The van der Waals surface area contributed by atoms with Gasteiger partial charge in [-0.1, -0.05) is 115 Å². The highest BCUT2D eigenvalue weighted by atomic mass is 19.1. The molecule has 0 bridgehead atoms. The van der Waals surface area contributed by atoms with Crippen LogP contribution in [0, 0.1) is 12.7 Å². The Balaban J connectivity index is 1.17. The van der Waals surface area contributed by atoms with E-state index in [0.29, 0.717) is 5.69 Å². The number of aryl methyl sites for hydroxylation is 1. The van der Waals surface area contributed by atoms with Crippen LogP contribution in [0.15, 0.2) is 170 Å². The SMILES string of the molecule is Cc1ccccc1N(c1ccc(-c2ccc3ccc4cc5c(c6ccc2c3c46)c2ccccc2n5-c2ccccc2)cc1)c1ccccc1F. The molecule has 3 heteroatoms. The quantitative estimate of drug-likeness (QED) is 0.170. The van der Waals surface area contributed by atoms with E-state index < -0.39 is 0 Å². The van der Waals surface area contributed by atoms with Crippen molar-refractivity contribution >= 4 is 71.2 Å². The molecule has 236 valence electrons. The normalized spacial score (nSPS) is 11.8. The van der Waals surface area contributed by atoms with Gasteiger partial charge in [0.1, 0.15) is 5.82 Å². The molecule has 0 atom stereocenters. The summed E-state index contributed by atoms with van der Waals surface area (Å²) >= 11 is 0. The lowest BCUT2D eigenvalue weighted by atomic mass is 9.88. The summed E-state index contributed by atoms with van der Waals surface area (Å²) in [4.78, 5) is 2.01. The van der Waals surface area contributed by atoms with Crippen LogP contribution in [0.5, 0.6) is 0 Å². The molecule has 1 aromatic heterocycles. The highest BCUT2D eigenvalue weighted by molar-refractivity contribution is 6.34. The van der Waals surface area contributed by atoms with Gasteiger partial charge in [0.25, 0.3) is 0 Å². The molecule has 0 amide bonds. The van der Waals surface area contributed by atoms with Crippen LogP contribution in [-0.2, 0) is 0 Å². The number of para-hydroxylation sites is 4. The number of hydrogen-bond donors (Lipinski definition) is 0. The van der Waals surface area contributed by atoms with E-state index in [4.69, 9.17) is 0 Å². The van der Waals surface area contributed by atoms with Gasteiger partial charge in [-0.25, -0.2) is 4.39 Å². The second-order valence-corrected chi connectivity index (χ2v) is 13.1. The maximum atomic E-state index is 15.3. The van der Waals surface area contributed by atoms with Crippen molar-refractivity contribution < 1.29 is 4.39 Å². The molecule has 0 N–H and O–H groups in total. The zero-order valence-electron chi connectivity index (χ0n) is 27.4. The van der Waals surface area contributed by atoms with Gasteiger partial charge in [-0.05, 0) is 111 Å². The molecule has 0 unspecified atom stereocenters. The van der Waals surface area contributed by atoms with Crippen LogP contribution in [0.2, 0.25) is 0 Å². The molecule has 50 heavy (non-hydrogen) atoms. The second-order valence-electron chi connectivity index (χ2n) is 13.1. The Morgan fingerprint density at radius 3 is 1.96 bits per heavy atom. The van der Waals surface area contributed by atoms with Crippen LogP contribution in [0.3, 0.4) is 0 Å². The van der Waals surface area contributed by atoms with E-state index in [9.17, 15) is 0 Å². The summed E-state index contributed by atoms with van der Waals surface area (Å²) in [5.74, 6) is -0.257. The van der Waals surface area contributed by atoms with Crippen molar-refractivity contribution in [3.05, 3.63) is 181 Å². The molecule has 1 heterocycles. The molecule has 0 aliphatic rings. The predicted octanol–water partition coefficient (Wildman–Crippen LogP) is 13.3. The van der Waals surface area contributed by atoms with Gasteiger partial charge in [-0.15, -0.1) is 0 Å². The van der Waals surface area contributed by atoms with E-state index in [1.54, 1.807) is 6.07 Å². The highest BCUT2D eigenvalue weighted by Gasteiger charge is 2.21. The summed E-state index contributed by atoms with van der Waals surface area (Å²) in [5.41, 5.74) is 9.34. The van der Waals surface area contributed by atoms with Crippen molar-refractivity contribution in [1.82, 2.24) is 4.57 Å². The van der Waals surface area contributed by atoms with Gasteiger partial charge in [-0.3, -0.25) is 0 Å². The minimum Gasteiger partial charge on any atom is -0.309 e. The number of nitrogens with zero attached hydrogens (tertiary/aromatic N) is 2. The smallest absolute Gasteiger partial charge is 0.147 e. The van der Waals surface area contributed by atoms with Crippen molar-refractivity contribution in [2.45, 2.75) is 6.92 Å². The van der Waals surface area contributed by atoms with Gasteiger partial charge >= 0.3 is 0 Å². The molecule has 2 nitrogen and oxygen atoms in total. The molecule has 9 aromatic carbocycles. The average molecular weight is 643 g/mol. The van der Waals surface area contributed by atoms with Crippen molar-refractivity contribution in [1.29, 1.82) is 0 Å². The fraction of sp³-hybridized carbons (Fsp3) is 0.0213. The number of benzene rings is 9. The molecule has 10 rings (SSSR count). The van der Waals surface area contributed by atoms with Crippen LogP contribution in [0.25, 0.3) is 70.9 Å². The first kappa shape index (κ1) is 28.6. The summed E-state index contributed by atoms with van der Waals surface area (Å²) in [6.07, 6.45) is 0. The molecule has 0 spiro atoms. The topological polar surface area (TPSA) is 8.17 Å². The van der Waals surface area contributed by atoms with Crippen LogP contribution in [-0.4, -0.2) is 4.57 Å². The zero-order valence-corrected chi connectivity index (χ0v) is 27.4. The summed E-state index contributed by atoms with van der Waals surface area (Å²) < 4.78 is 17.7. The minimum atomic E-state index is -0.257. The Morgan fingerprint density at radius 1 is 0.480 bits per heavy atom. The van der Waals surface area contributed by atoms with Gasteiger partial charge in [0.05, 0.1) is 16.7 Å². The number of rotatable bonds is 5. The Kier molecular flexibility index (Phi) is 6.31. The highest BCUT2D eigenvalue weighted by Crippen LogP contribution is 2.45. The predicted molar refractivity (Wildman–Crippen MR) is 209 cm³/mol. The molecule has 10 aromatic rings. The van der Waals surface area contributed by atoms with Crippen LogP contribution in [0.1, 0.15) is 5.56 Å². The summed E-state index contributed by atoms with van der Waals surface area (Å²) in [5, 5.41) is 10.1. The second kappa shape index (κ2) is 11.0. The number of aromatic nitrogens is 1. The largest absolute Gasteiger partial charge is 0.309 e. The Morgan fingerprint density at radius 2 is 1.14 bits per heavy atom. The lowest BCUT2D eigenvalue weighted by molar-refractivity contribution is 0.629. The zero-order chi connectivity index (χ0) is 33.3. The molecule has 0 saturated carbocycles. The minimum absolute atomic E-state index is 0.257. The molecular formula is C47H31FN2. The maximum Gasteiger partial charge on any atom is 0.147 e. The number of fused-ring (bicyclic) bond motifs is 4. The molecular weight excluding hydrogens is 612 g/mol. The van der Waals surface area contributed by atoms with Crippen molar-refractivity contribution in [2.24, 2.45) is 0 Å². The molecule has 0 radical (unpaired) electrons. The van der Waals surface area contributed by atoms with Gasteiger partial charge < -0.3 is 9.47 Å². The van der Waals surface area contributed by atoms with E-state index in [0.717, 1.165) is 28.2 Å². The first-order valence-corrected chi connectivity index (χ1v) is 17.1. The third kappa shape index (κ3) is 4.20. The molecule has 0 saturated heterocycles. The lowest BCUT2D eigenvalue weighted by Crippen LogP contribution is -2.12. The van der Waals surface area contributed by atoms with Crippen molar-refractivity contribution in [2.75, 3.05) is 4.90 Å². The summed E-state index contributed by atoms with van der Waals surface area (Å²) in [6, 6.07) is 59.1. The third-order valence-corrected chi connectivity index (χ3v) is 10.3. The standard InChI is InChI=1S/C47H31FN2/c1-30-11-5-8-16-41(30)49(43-18-10-7-15-40(43)48)35-24-21-31(22-25-35)36-26-23-32-19-20-33-29-44-47(39-28-27-37(36)45(32)46(33)39)38-14-6-9-17-42(38)50(44)34-12-3-2-4-13-34/h2-29H,1H3. The average Bonchev–Trinajstić information content (AvgIpc) is 3.50. The molecule has 0 aliphatic carbocycles. The van der Waals surface area contributed by atoms with Crippen molar-refractivity contribution in [3.8, 4) is 16.8 Å². The fourth-order valence-electron chi connectivity index (χ4n) is 8.08. The first-order chi connectivity index (χ1) is 24.7. The monoisotopic (exact) mass is 642 g/mol. The van der Waals surface area contributed by atoms with Gasteiger partial charge in [0.2, 0.25) is 0 Å². The summed E-state index contributed by atoms with van der Waals surface area (Å²) in [7, 11) is 0.